The largest absolute Gasteiger partial charge is 0.388 e. The zero-order valence-corrected chi connectivity index (χ0v) is 27.2. The van der Waals surface area contributed by atoms with E-state index in [0.717, 1.165) is 33.4 Å². The Bertz CT molecular complexity index is 1540. The van der Waals surface area contributed by atoms with Crippen LogP contribution in [-0.4, -0.2) is 32.2 Å². The second-order valence-electron chi connectivity index (χ2n) is 12.4. The lowest BCUT2D eigenvalue weighted by Gasteiger charge is -2.42. The van der Waals surface area contributed by atoms with Crippen LogP contribution >= 0.6 is 0 Å². The highest BCUT2D eigenvalue weighted by Crippen LogP contribution is 2.36. The van der Waals surface area contributed by atoms with Crippen LogP contribution in [0.2, 0.25) is 0 Å². The molecule has 2 N–H and O–H groups in total. The Labute approximate surface area is 285 Å². The summed E-state index contributed by atoms with van der Waals surface area (Å²) in [6, 6.07) is 60.8. The first kappa shape index (κ1) is 33.1. The first-order chi connectivity index (χ1) is 23.7. The molecule has 0 saturated carbocycles. The van der Waals surface area contributed by atoms with Crippen LogP contribution in [0.4, 0.5) is 0 Å². The topological polar surface area (TPSA) is 46.9 Å². The van der Waals surface area contributed by atoms with Gasteiger partial charge in [-0.1, -0.05) is 182 Å². The predicted octanol–water partition coefficient (Wildman–Crippen LogP) is 8.60. The van der Waals surface area contributed by atoms with E-state index in [1.165, 1.54) is 0 Å². The molecule has 4 nitrogen and oxygen atoms in total. The summed E-state index contributed by atoms with van der Waals surface area (Å²) >= 11 is 0. The van der Waals surface area contributed by atoms with Crippen LogP contribution in [0, 0.1) is 0 Å². The van der Waals surface area contributed by atoms with Crippen molar-refractivity contribution in [1.29, 1.82) is 0 Å². The van der Waals surface area contributed by atoms with Crippen molar-refractivity contribution in [3.8, 4) is 0 Å². The van der Waals surface area contributed by atoms with Crippen molar-refractivity contribution in [3.63, 3.8) is 0 Å². The highest BCUT2D eigenvalue weighted by molar-refractivity contribution is 5.27. The van der Waals surface area contributed by atoms with Gasteiger partial charge in [-0.2, -0.15) is 0 Å². The molecule has 6 rings (SSSR count). The molecule has 0 radical (unpaired) electrons. The fraction of sp³-hybridized carbons (Fsp3) is 0.182. The summed E-state index contributed by atoms with van der Waals surface area (Å²) in [5.41, 5.74) is 6.49. The normalized spacial score (nSPS) is 14.0. The van der Waals surface area contributed by atoms with Gasteiger partial charge in [0.1, 0.15) is 12.2 Å². The molecule has 4 heteroatoms. The third-order valence-electron chi connectivity index (χ3n) is 8.98. The molecule has 0 fully saturated rings. The lowest BCUT2D eigenvalue weighted by molar-refractivity contribution is -0.0851. The SMILES string of the molecule is O[C@H]([C@@H](O)[C@H](c1ccccc1)N(Cc1ccccc1)Cc1ccccc1)[C@H](c1ccccc1)N(Cc1ccccc1)Cc1ccccc1. The number of hydrogen-bond donors (Lipinski definition) is 2. The van der Waals surface area contributed by atoms with Crippen LogP contribution in [0.3, 0.4) is 0 Å². The number of benzene rings is 6. The Balaban J connectivity index is 1.43. The molecule has 0 heterocycles. The maximum Gasteiger partial charge on any atom is 0.101 e. The van der Waals surface area contributed by atoms with E-state index in [1.807, 2.05) is 60.7 Å². The van der Waals surface area contributed by atoms with Gasteiger partial charge >= 0.3 is 0 Å². The van der Waals surface area contributed by atoms with Crippen molar-refractivity contribution in [2.75, 3.05) is 0 Å². The van der Waals surface area contributed by atoms with E-state index in [2.05, 4.69) is 131 Å². The fourth-order valence-electron chi connectivity index (χ4n) is 6.70. The molecule has 0 bridgehead atoms. The standard InChI is InChI=1S/C44H44N2O2/c47-43(41(39-27-15-5-16-28-39)45(31-35-19-7-1-8-20-35)32-36-21-9-2-10-22-36)44(48)42(40-29-17-6-18-30-40)46(33-37-23-11-3-12-24-37)34-38-25-13-4-14-26-38/h1-30,41-44,47-48H,31-34H2/t41-,42-,43-,44-/m0/s1. The molecule has 0 aromatic heterocycles. The molecule has 0 spiro atoms. The molecule has 0 amide bonds. The second-order valence-corrected chi connectivity index (χ2v) is 12.4. The smallest absolute Gasteiger partial charge is 0.101 e. The summed E-state index contributed by atoms with van der Waals surface area (Å²) in [5, 5.41) is 25.3. The van der Waals surface area contributed by atoms with Crippen molar-refractivity contribution in [3.05, 3.63) is 215 Å². The predicted molar refractivity (Wildman–Crippen MR) is 195 cm³/mol. The summed E-state index contributed by atoms with van der Waals surface area (Å²) in [6.07, 6.45) is -2.25. The summed E-state index contributed by atoms with van der Waals surface area (Å²) in [7, 11) is 0. The molecule has 4 atom stereocenters. The monoisotopic (exact) mass is 632 g/mol. The van der Waals surface area contributed by atoms with Crippen LogP contribution in [-0.2, 0) is 26.2 Å². The Kier molecular flexibility index (Phi) is 11.6. The van der Waals surface area contributed by atoms with E-state index in [-0.39, 0.29) is 0 Å². The van der Waals surface area contributed by atoms with Gasteiger partial charge in [-0.3, -0.25) is 9.80 Å². The zero-order chi connectivity index (χ0) is 33.0. The molecular weight excluding hydrogens is 588 g/mol. The Morgan fingerprint density at radius 1 is 0.312 bits per heavy atom. The van der Waals surface area contributed by atoms with Crippen molar-refractivity contribution < 1.29 is 10.2 Å². The number of hydrogen-bond acceptors (Lipinski definition) is 4. The lowest BCUT2D eigenvalue weighted by Crippen LogP contribution is -2.48. The van der Waals surface area contributed by atoms with Gasteiger partial charge in [0.05, 0.1) is 12.1 Å². The fourth-order valence-corrected chi connectivity index (χ4v) is 6.70. The number of rotatable bonds is 15. The Morgan fingerprint density at radius 3 is 0.750 bits per heavy atom. The Morgan fingerprint density at radius 2 is 0.521 bits per heavy atom. The molecule has 0 aliphatic heterocycles. The average Bonchev–Trinajstić information content (AvgIpc) is 3.14. The first-order valence-electron chi connectivity index (χ1n) is 16.8. The van der Waals surface area contributed by atoms with Crippen LogP contribution in [0.1, 0.15) is 45.5 Å². The van der Waals surface area contributed by atoms with Crippen molar-refractivity contribution in [2.45, 2.75) is 50.5 Å². The van der Waals surface area contributed by atoms with Gasteiger partial charge in [0, 0.05) is 26.2 Å². The van der Waals surface area contributed by atoms with Crippen LogP contribution in [0.5, 0.6) is 0 Å². The van der Waals surface area contributed by atoms with Gasteiger partial charge in [0.25, 0.3) is 0 Å². The van der Waals surface area contributed by atoms with E-state index >= 15 is 0 Å². The zero-order valence-electron chi connectivity index (χ0n) is 27.2. The summed E-state index contributed by atoms with van der Waals surface area (Å²) < 4.78 is 0. The molecular formula is C44H44N2O2. The molecule has 0 aliphatic rings. The van der Waals surface area contributed by atoms with E-state index < -0.39 is 24.3 Å². The molecule has 242 valence electrons. The van der Waals surface area contributed by atoms with Gasteiger partial charge in [-0.15, -0.1) is 0 Å². The molecule has 0 saturated heterocycles. The molecule has 6 aromatic rings. The van der Waals surface area contributed by atoms with E-state index in [1.54, 1.807) is 0 Å². The highest BCUT2D eigenvalue weighted by Gasteiger charge is 2.39. The third kappa shape index (κ3) is 8.74. The third-order valence-corrected chi connectivity index (χ3v) is 8.98. The minimum Gasteiger partial charge on any atom is -0.388 e. The molecule has 48 heavy (non-hydrogen) atoms. The lowest BCUT2D eigenvalue weighted by atomic mass is 9.88. The number of nitrogens with zero attached hydrogens (tertiary/aromatic N) is 2. The second kappa shape index (κ2) is 16.8. The van der Waals surface area contributed by atoms with Gasteiger partial charge in [-0.25, -0.2) is 0 Å². The van der Waals surface area contributed by atoms with Crippen molar-refractivity contribution >= 4 is 0 Å². The van der Waals surface area contributed by atoms with Crippen LogP contribution in [0.15, 0.2) is 182 Å². The van der Waals surface area contributed by atoms with Crippen molar-refractivity contribution in [2.24, 2.45) is 0 Å². The highest BCUT2D eigenvalue weighted by atomic mass is 16.3. The molecule has 6 aromatic carbocycles. The minimum atomic E-state index is -1.13. The molecule has 0 unspecified atom stereocenters. The first-order valence-corrected chi connectivity index (χ1v) is 16.8. The average molecular weight is 633 g/mol. The van der Waals surface area contributed by atoms with E-state index in [0.29, 0.717) is 26.2 Å². The minimum absolute atomic E-state index is 0.497. The van der Waals surface area contributed by atoms with E-state index in [9.17, 15) is 10.2 Å². The maximum atomic E-state index is 12.7. The van der Waals surface area contributed by atoms with Gasteiger partial charge in [0.15, 0.2) is 0 Å². The summed E-state index contributed by atoms with van der Waals surface area (Å²) in [5.74, 6) is 0. The van der Waals surface area contributed by atoms with Crippen molar-refractivity contribution in [1.82, 2.24) is 9.80 Å². The van der Waals surface area contributed by atoms with Gasteiger partial charge in [0.2, 0.25) is 0 Å². The summed E-state index contributed by atoms with van der Waals surface area (Å²) in [6.45, 7) is 2.42. The summed E-state index contributed by atoms with van der Waals surface area (Å²) in [4.78, 5) is 4.60. The van der Waals surface area contributed by atoms with E-state index in [4.69, 9.17) is 0 Å². The van der Waals surface area contributed by atoms with Crippen LogP contribution < -0.4 is 0 Å². The number of aliphatic hydroxyl groups is 2. The van der Waals surface area contributed by atoms with Crippen LogP contribution in [0.25, 0.3) is 0 Å². The van der Waals surface area contributed by atoms with Gasteiger partial charge < -0.3 is 10.2 Å². The number of aliphatic hydroxyl groups excluding tert-OH is 2. The molecule has 0 aliphatic carbocycles. The Hall–Kier alpha value is -4.84. The maximum absolute atomic E-state index is 12.7. The van der Waals surface area contributed by atoms with Gasteiger partial charge in [-0.05, 0) is 33.4 Å². The quantitative estimate of drug-likeness (QED) is 0.119.